The smallest absolute Gasteiger partial charge is 0.131 e. The van der Waals surface area contributed by atoms with Crippen molar-refractivity contribution < 1.29 is 4.79 Å². The summed E-state index contributed by atoms with van der Waals surface area (Å²) in [6, 6.07) is 0. The van der Waals surface area contributed by atoms with Gasteiger partial charge in [0, 0.05) is 13.0 Å². The maximum Gasteiger partial charge on any atom is 0.131 e. The van der Waals surface area contributed by atoms with Crippen molar-refractivity contribution >= 4 is 5.78 Å². The van der Waals surface area contributed by atoms with Crippen LogP contribution in [0.15, 0.2) is 0 Å². The zero-order valence-electron chi connectivity index (χ0n) is 7.94. The van der Waals surface area contributed by atoms with Crippen molar-refractivity contribution in [3.8, 4) is 0 Å². The zero-order valence-corrected chi connectivity index (χ0v) is 7.94. The number of carbonyl (C=O) groups is 1. The van der Waals surface area contributed by atoms with Crippen LogP contribution in [0.1, 0.15) is 39.0 Å². The molecular formula is C10H19NO. The van der Waals surface area contributed by atoms with Gasteiger partial charge < -0.3 is 5.32 Å². The van der Waals surface area contributed by atoms with Gasteiger partial charge in [-0.25, -0.2) is 0 Å². The third kappa shape index (κ3) is 3.86. The molecule has 0 aliphatic heterocycles. The maximum absolute atomic E-state index is 10.6. The van der Waals surface area contributed by atoms with Crippen LogP contribution < -0.4 is 5.32 Å². The summed E-state index contributed by atoms with van der Waals surface area (Å²) < 4.78 is 0. The van der Waals surface area contributed by atoms with Crippen LogP contribution in [0, 0.1) is 5.92 Å². The van der Waals surface area contributed by atoms with Crippen LogP contribution in [0.4, 0.5) is 0 Å². The molecule has 1 aliphatic rings. The number of Topliss-reactive ketones (excluding diaryl/α,β-unsaturated/α-hetero) is 1. The molecule has 1 N–H and O–H groups in total. The van der Waals surface area contributed by atoms with E-state index in [1.54, 1.807) is 6.92 Å². The minimum atomic E-state index is 0.283. The van der Waals surface area contributed by atoms with Crippen LogP contribution in [0.2, 0.25) is 0 Å². The second kappa shape index (κ2) is 5.31. The van der Waals surface area contributed by atoms with Crippen LogP contribution in [-0.4, -0.2) is 18.9 Å². The third-order valence-electron chi connectivity index (χ3n) is 2.61. The Morgan fingerprint density at radius 2 is 2.17 bits per heavy atom. The zero-order chi connectivity index (χ0) is 8.81. The van der Waals surface area contributed by atoms with E-state index in [9.17, 15) is 4.79 Å². The molecule has 0 aromatic rings. The van der Waals surface area contributed by atoms with E-state index in [0.29, 0.717) is 6.42 Å². The van der Waals surface area contributed by atoms with Crippen LogP contribution in [0.25, 0.3) is 0 Å². The van der Waals surface area contributed by atoms with Gasteiger partial charge in [0.1, 0.15) is 5.78 Å². The molecule has 0 bridgehead atoms. The summed E-state index contributed by atoms with van der Waals surface area (Å²) >= 11 is 0. The van der Waals surface area contributed by atoms with Crippen molar-refractivity contribution in [3.05, 3.63) is 0 Å². The van der Waals surface area contributed by atoms with E-state index in [0.717, 1.165) is 19.0 Å². The first kappa shape index (κ1) is 9.72. The molecule has 0 unspecified atom stereocenters. The number of hydrogen-bond donors (Lipinski definition) is 1. The molecule has 1 saturated carbocycles. The third-order valence-corrected chi connectivity index (χ3v) is 2.61. The van der Waals surface area contributed by atoms with Crippen molar-refractivity contribution in [1.29, 1.82) is 0 Å². The summed E-state index contributed by atoms with van der Waals surface area (Å²) in [5, 5.41) is 3.30. The molecule has 0 radical (unpaired) electrons. The van der Waals surface area contributed by atoms with Crippen LogP contribution >= 0.6 is 0 Å². The molecule has 0 aromatic heterocycles. The van der Waals surface area contributed by atoms with Crippen molar-refractivity contribution in [3.63, 3.8) is 0 Å². The molecule has 0 aromatic carbocycles. The average molecular weight is 169 g/mol. The summed E-state index contributed by atoms with van der Waals surface area (Å²) in [4.78, 5) is 10.6. The number of ketones is 1. The number of carbonyl (C=O) groups excluding carboxylic acids is 1. The van der Waals surface area contributed by atoms with Gasteiger partial charge in [-0.3, -0.25) is 4.79 Å². The van der Waals surface area contributed by atoms with Gasteiger partial charge in [-0.15, -0.1) is 0 Å². The lowest BCUT2D eigenvalue weighted by molar-refractivity contribution is -0.116. The predicted molar refractivity (Wildman–Crippen MR) is 50.1 cm³/mol. The average Bonchev–Trinajstić information content (AvgIpc) is 1.92. The Hall–Kier alpha value is -0.370. The van der Waals surface area contributed by atoms with Gasteiger partial charge in [0.05, 0.1) is 0 Å². The fourth-order valence-corrected chi connectivity index (χ4v) is 1.48. The van der Waals surface area contributed by atoms with Crippen molar-refractivity contribution in [2.45, 2.75) is 39.0 Å². The maximum atomic E-state index is 10.6. The SMILES string of the molecule is CC(=O)CCNCCC1CCC1. The summed E-state index contributed by atoms with van der Waals surface area (Å²) in [7, 11) is 0. The van der Waals surface area contributed by atoms with E-state index in [2.05, 4.69) is 5.32 Å². The topological polar surface area (TPSA) is 29.1 Å². The molecule has 0 saturated heterocycles. The lowest BCUT2D eigenvalue weighted by atomic mass is 9.83. The molecule has 0 heterocycles. The normalized spacial score (nSPS) is 17.4. The van der Waals surface area contributed by atoms with E-state index >= 15 is 0 Å². The van der Waals surface area contributed by atoms with Crippen molar-refractivity contribution in [1.82, 2.24) is 5.32 Å². The molecule has 2 nitrogen and oxygen atoms in total. The van der Waals surface area contributed by atoms with Crippen LogP contribution in [0.5, 0.6) is 0 Å². The number of rotatable bonds is 6. The van der Waals surface area contributed by atoms with E-state index in [1.807, 2.05) is 0 Å². The van der Waals surface area contributed by atoms with Crippen molar-refractivity contribution in [2.75, 3.05) is 13.1 Å². The predicted octanol–water partition coefficient (Wildman–Crippen LogP) is 1.75. The molecule has 1 aliphatic carbocycles. The van der Waals surface area contributed by atoms with Gasteiger partial charge in [-0.1, -0.05) is 19.3 Å². The van der Waals surface area contributed by atoms with Gasteiger partial charge in [0.15, 0.2) is 0 Å². The molecule has 1 rings (SSSR count). The number of nitrogens with one attached hydrogen (secondary N) is 1. The first-order valence-corrected chi connectivity index (χ1v) is 4.99. The van der Waals surface area contributed by atoms with Gasteiger partial charge in [0.2, 0.25) is 0 Å². The fourth-order valence-electron chi connectivity index (χ4n) is 1.48. The Labute approximate surface area is 74.7 Å². The highest BCUT2D eigenvalue weighted by atomic mass is 16.1. The second-order valence-corrected chi connectivity index (χ2v) is 3.79. The first-order chi connectivity index (χ1) is 5.79. The van der Waals surface area contributed by atoms with E-state index in [4.69, 9.17) is 0 Å². The second-order valence-electron chi connectivity index (χ2n) is 3.79. The highest BCUT2D eigenvalue weighted by Crippen LogP contribution is 2.28. The molecule has 0 amide bonds. The molecule has 1 fully saturated rings. The molecule has 70 valence electrons. The molecule has 12 heavy (non-hydrogen) atoms. The van der Waals surface area contributed by atoms with Gasteiger partial charge in [-0.2, -0.15) is 0 Å². The lowest BCUT2D eigenvalue weighted by Gasteiger charge is -2.25. The summed E-state index contributed by atoms with van der Waals surface area (Å²) in [6.45, 7) is 3.60. The Kier molecular flexibility index (Phi) is 4.30. The Bertz CT molecular complexity index is 141. The van der Waals surface area contributed by atoms with Crippen molar-refractivity contribution in [2.24, 2.45) is 5.92 Å². The Balaban J connectivity index is 1.79. The monoisotopic (exact) mass is 169 g/mol. The highest BCUT2D eigenvalue weighted by Gasteiger charge is 2.15. The van der Waals surface area contributed by atoms with Gasteiger partial charge in [-0.05, 0) is 25.8 Å². The fraction of sp³-hybridized carbons (Fsp3) is 0.900. The molecule has 2 heteroatoms. The minimum absolute atomic E-state index is 0.283. The molecule has 0 atom stereocenters. The summed E-state index contributed by atoms with van der Waals surface area (Å²) in [5.74, 6) is 1.26. The van der Waals surface area contributed by atoms with Crippen LogP contribution in [0.3, 0.4) is 0 Å². The largest absolute Gasteiger partial charge is 0.316 e. The summed E-state index contributed by atoms with van der Waals surface area (Å²) in [6.07, 6.45) is 6.27. The Morgan fingerprint density at radius 1 is 1.42 bits per heavy atom. The minimum Gasteiger partial charge on any atom is -0.316 e. The first-order valence-electron chi connectivity index (χ1n) is 4.99. The van der Waals surface area contributed by atoms with Crippen LogP contribution in [-0.2, 0) is 4.79 Å². The van der Waals surface area contributed by atoms with E-state index < -0.39 is 0 Å². The lowest BCUT2D eigenvalue weighted by Crippen LogP contribution is -2.23. The molecule has 0 spiro atoms. The highest BCUT2D eigenvalue weighted by molar-refractivity contribution is 5.75. The standard InChI is InChI=1S/C10H19NO/c1-9(12)5-7-11-8-6-10-3-2-4-10/h10-11H,2-8H2,1H3. The number of hydrogen-bond acceptors (Lipinski definition) is 2. The molecular weight excluding hydrogens is 150 g/mol. The van der Waals surface area contributed by atoms with Gasteiger partial charge in [0.25, 0.3) is 0 Å². The quantitative estimate of drug-likeness (QED) is 0.614. The van der Waals surface area contributed by atoms with Gasteiger partial charge >= 0.3 is 0 Å². The summed E-state index contributed by atoms with van der Waals surface area (Å²) in [5.41, 5.74) is 0. The van der Waals surface area contributed by atoms with E-state index in [1.165, 1.54) is 25.7 Å². The van der Waals surface area contributed by atoms with E-state index in [-0.39, 0.29) is 5.78 Å². The Morgan fingerprint density at radius 3 is 2.67 bits per heavy atom.